The van der Waals surface area contributed by atoms with Crippen LogP contribution in [0.5, 0.6) is 0 Å². The molecule has 0 unspecified atom stereocenters. The van der Waals surface area contributed by atoms with Crippen molar-refractivity contribution >= 4 is 11.8 Å². The highest BCUT2D eigenvalue weighted by molar-refractivity contribution is 5.90. The van der Waals surface area contributed by atoms with E-state index >= 15 is 0 Å². The Morgan fingerprint density at radius 1 is 0.917 bits per heavy atom. The van der Waals surface area contributed by atoms with Gasteiger partial charge >= 0.3 is 0 Å². The number of amides is 2. The van der Waals surface area contributed by atoms with Crippen molar-refractivity contribution in [1.82, 2.24) is 10.6 Å². The van der Waals surface area contributed by atoms with Crippen molar-refractivity contribution in [2.45, 2.75) is 89.6 Å². The van der Waals surface area contributed by atoms with Crippen LogP contribution in [-0.2, 0) is 9.59 Å². The van der Waals surface area contributed by atoms with E-state index in [2.05, 4.69) is 10.6 Å². The summed E-state index contributed by atoms with van der Waals surface area (Å²) >= 11 is 0. The molecule has 5 aliphatic rings. The number of rotatable bonds is 4. The SMILES string of the molecule is C[C@@H](NC(=O)C12CC3CC(CC(C3)C1)C2)C(=O)NC1CCCCC1. The fourth-order valence-electron chi connectivity index (χ4n) is 6.38. The Kier molecular flexibility index (Phi) is 4.34. The van der Waals surface area contributed by atoms with Crippen molar-refractivity contribution in [2.24, 2.45) is 23.2 Å². The highest BCUT2D eigenvalue weighted by atomic mass is 16.2. The lowest BCUT2D eigenvalue weighted by molar-refractivity contribution is -0.148. The first-order valence-corrected chi connectivity index (χ1v) is 10.2. The summed E-state index contributed by atoms with van der Waals surface area (Å²) in [5, 5.41) is 6.22. The molecule has 2 N–H and O–H groups in total. The molecule has 0 aromatic heterocycles. The number of hydrogen-bond donors (Lipinski definition) is 2. The topological polar surface area (TPSA) is 58.2 Å². The van der Waals surface area contributed by atoms with Crippen LogP contribution in [-0.4, -0.2) is 23.9 Å². The zero-order valence-corrected chi connectivity index (χ0v) is 15.0. The zero-order valence-electron chi connectivity index (χ0n) is 15.0. The molecule has 0 saturated heterocycles. The monoisotopic (exact) mass is 332 g/mol. The molecule has 0 spiro atoms. The van der Waals surface area contributed by atoms with Gasteiger partial charge in [-0.2, -0.15) is 0 Å². The van der Waals surface area contributed by atoms with Crippen molar-refractivity contribution in [2.75, 3.05) is 0 Å². The van der Waals surface area contributed by atoms with Gasteiger partial charge in [0.05, 0.1) is 0 Å². The summed E-state index contributed by atoms with van der Waals surface area (Å²) in [6, 6.07) is -0.0995. The number of carbonyl (C=O) groups excluding carboxylic acids is 2. The third kappa shape index (κ3) is 3.09. The van der Waals surface area contributed by atoms with Crippen LogP contribution in [0.1, 0.15) is 77.6 Å². The summed E-state index contributed by atoms with van der Waals surface area (Å²) in [6.07, 6.45) is 13.1. The second-order valence-corrected chi connectivity index (χ2v) is 9.24. The summed E-state index contributed by atoms with van der Waals surface area (Å²) in [6.45, 7) is 1.84. The zero-order chi connectivity index (χ0) is 16.7. The Morgan fingerprint density at radius 2 is 1.46 bits per heavy atom. The Balaban J connectivity index is 1.34. The first kappa shape index (κ1) is 16.4. The van der Waals surface area contributed by atoms with E-state index in [0.717, 1.165) is 49.9 Å². The predicted octanol–water partition coefficient (Wildman–Crippen LogP) is 3.16. The molecule has 4 heteroatoms. The highest BCUT2D eigenvalue weighted by Gasteiger charge is 2.54. The van der Waals surface area contributed by atoms with Crippen molar-refractivity contribution in [1.29, 1.82) is 0 Å². The summed E-state index contributed by atoms with van der Waals surface area (Å²) in [4.78, 5) is 25.5. The van der Waals surface area contributed by atoms with Crippen molar-refractivity contribution < 1.29 is 9.59 Å². The first-order valence-electron chi connectivity index (χ1n) is 10.2. The minimum Gasteiger partial charge on any atom is -0.352 e. The average Bonchev–Trinajstić information content (AvgIpc) is 2.54. The van der Waals surface area contributed by atoms with E-state index in [1.807, 2.05) is 6.92 Å². The molecule has 5 fully saturated rings. The predicted molar refractivity (Wildman–Crippen MR) is 93.2 cm³/mol. The Morgan fingerprint density at radius 3 is 2.00 bits per heavy atom. The summed E-state index contributed by atoms with van der Waals surface area (Å²) < 4.78 is 0. The molecule has 24 heavy (non-hydrogen) atoms. The summed E-state index contributed by atoms with van der Waals surface area (Å²) in [7, 11) is 0. The molecule has 5 rings (SSSR count). The van der Waals surface area contributed by atoms with Gasteiger partial charge in [-0.1, -0.05) is 19.3 Å². The first-order chi connectivity index (χ1) is 11.5. The third-order valence-electron chi connectivity index (χ3n) is 7.21. The maximum absolute atomic E-state index is 13.0. The lowest BCUT2D eigenvalue weighted by atomic mass is 9.49. The fraction of sp³-hybridized carbons (Fsp3) is 0.900. The van der Waals surface area contributed by atoms with E-state index < -0.39 is 6.04 Å². The van der Waals surface area contributed by atoms with Crippen LogP contribution < -0.4 is 10.6 Å². The molecule has 0 radical (unpaired) electrons. The molecular weight excluding hydrogens is 300 g/mol. The minimum atomic E-state index is -0.410. The van der Waals surface area contributed by atoms with Gasteiger partial charge in [-0.3, -0.25) is 9.59 Å². The van der Waals surface area contributed by atoms with Crippen molar-refractivity contribution in [3.63, 3.8) is 0 Å². The van der Waals surface area contributed by atoms with Gasteiger partial charge < -0.3 is 10.6 Å². The van der Waals surface area contributed by atoms with E-state index in [9.17, 15) is 9.59 Å². The van der Waals surface area contributed by atoms with Gasteiger partial charge in [0.2, 0.25) is 11.8 Å². The molecule has 4 bridgehead atoms. The van der Waals surface area contributed by atoms with E-state index in [1.165, 1.54) is 38.5 Å². The number of carbonyl (C=O) groups is 2. The van der Waals surface area contributed by atoms with Gasteiger partial charge in [0.1, 0.15) is 6.04 Å². The van der Waals surface area contributed by atoms with Crippen molar-refractivity contribution in [3.05, 3.63) is 0 Å². The van der Waals surface area contributed by atoms with Crippen LogP contribution in [0.4, 0.5) is 0 Å². The van der Waals surface area contributed by atoms with Gasteiger partial charge in [-0.25, -0.2) is 0 Å². The molecule has 4 nitrogen and oxygen atoms in total. The van der Waals surface area contributed by atoms with Crippen LogP contribution in [0, 0.1) is 23.2 Å². The number of nitrogens with one attached hydrogen (secondary N) is 2. The standard InChI is InChI=1S/C20H32N2O2/c1-13(18(23)22-17-5-3-2-4-6-17)21-19(24)20-10-14-7-15(11-20)9-16(8-14)12-20/h13-17H,2-12H2,1H3,(H,21,24)(H,22,23)/t13-,14?,15?,16?,20?/m1/s1. The molecule has 2 amide bonds. The van der Waals surface area contributed by atoms with Gasteiger partial charge in [-0.15, -0.1) is 0 Å². The largest absolute Gasteiger partial charge is 0.352 e. The third-order valence-corrected chi connectivity index (χ3v) is 7.21. The molecular formula is C20H32N2O2. The molecule has 0 aromatic carbocycles. The quantitative estimate of drug-likeness (QED) is 0.831. The summed E-state index contributed by atoms with van der Waals surface area (Å²) in [5.74, 6) is 2.43. The second kappa shape index (κ2) is 6.34. The lowest BCUT2D eigenvalue weighted by Gasteiger charge is -2.55. The van der Waals surface area contributed by atoms with E-state index in [1.54, 1.807) is 0 Å². The van der Waals surface area contributed by atoms with Crippen LogP contribution in [0.25, 0.3) is 0 Å². The molecule has 0 heterocycles. The maximum atomic E-state index is 13.0. The van der Waals surface area contributed by atoms with Gasteiger partial charge in [-0.05, 0) is 76.0 Å². The smallest absolute Gasteiger partial charge is 0.242 e. The normalized spacial score (nSPS) is 39.5. The molecule has 134 valence electrons. The van der Waals surface area contributed by atoms with E-state index in [-0.39, 0.29) is 17.2 Å². The fourth-order valence-corrected chi connectivity index (χ4v) is 6.38. The van der Waals surface area contributed by atoms with Crippen LogP contribution in [0.15, 0.2) is 0 Å². The summed E-state index contributed by atoms with van der Waals surface area (Å²) in [5.41, 5.74) is -0.159. The Hall–Kier alpha value is -1.06. The van der Waals surface area contributed by atoms with Crippen LogP contribution >= 0.6 is 0 Å². The molecule has 5 aliphatic carbocycles. The van der Waals surface area contributed by atoms with Crippen LogP contribution in [0.2, 0.25) is 0 Å². The molecule has 1 atom stereocenters. The second-order valence-electron chi connectivity index (χ2n) is 9.24. The molecule has 0 aromatic rings. The Bertz CT molecular complexity index is 474. The molecule has 5 saturated carbocycles. The van der Waals surface area contributed by atoms with E-state index in [0.29, 0.717) is 6.04 Å². The van der Waals surface area contributed by atoms with Crippen molar-refractivity contribution in [3.8, 4) is 0 Å². The van der Waals surface area contributed by atoms with Gasteiger partial charge in [0.15, 0.2) is 0 Å². The highest BCUT2D eigenvalue weighted by Crippen LogP contribution is 2.60. The number of hydrogen-bond acceptors (Lipinski definition) is 2. The van der Waals surface area contributed by atoms with E-state index in [4.69, 9.17) is 0 Å². The molecule has 0 aliphatic heterocycles. The minimum absolute atomic E-state index is 0.0000201. The lowest BCUT2D eigenvalue weighted by Crippen LogP contribution is -2.57. The maximum Gasteiger partial charge on any atom is 0.242 e. The average molecular weight is 332 g/mol. The van der Waals surface area contributed by atoms with Crippen LogP contribution in [0.3, 0.4) is 0 Å². The van der Waals surface area contributed by atoms with Gasteiger partial charge in [0, 0.05) is 11.5 Å². The van der Waals surface area contributed by atoms with Gasteiger partial charge in [0.25, 0.3) is 0 Å². The Labute approximate surface area is 145 Å².